The largest absolute Gasteiger partial charge is 0.322 e. The summed E-state index contributed by atoms with van der Waals surface area (Å²) in [4.78, 5) is 18.0. The Labute approximate surface area is 124 Å². The highest BCUT2D eigenvalue weighted by atomic mass is 32.2. The summed E-state index contributed by atoms with van der Waals surface area (Å²) in [5.41, 5.74) is 2.61. The maximum absolute atomic E-state index is 12.6. The number of hydrogen-bond donors (Lipinski definition) is 1. The number of fused-ring (bicyclic) bond motifs is 1. The average Bonchev–Trinajstić information content (AvgIpc) is 2.71. The predicted molar refractivity (Wildman–Crippen MR) is 82.2 cm³/mol. The molecule has 0 unspecified atom stereocenters. The van der Waals surface area contributed by atoms with E-state index in [-0.39, 0.29) is 6.03 Å². The maximum Gasteiger partial charge on any atom is 0.320 e. The lowest BCUT2D eigenvalue weighted by molar-refractivity contribution is 0.147. The molecule has 2 aliphatic rings. The van der Waals surface area contributed by atoms with Gasteiger partial charge in [0.15, 0.2) is 0 Å². The van der Waals surface area contributed by atoms with Gasteiger partial charge in [-0.25, -0.2) is 4.79 Å². The lowest BCUT2D eigenvalue weighted by atomic mass is 10.1. The van der Waals surface area contributed by atoms with E-state index in [1.54, 1.807) is 0 Å². The van der Waals surface area contributed by atoms with Gasteiger partial charge < -0.3 is 15.1 Å². The number of benzene rings is 1. The van der Waals surface area contributed by atoms with Gasteiger partial charge in [-0.1, -0.05) is 12.1 Å². The molecule has 0 saturated carbocycles. The van der Waals surface area contributed by atoms with Crippen LogP contribution < -0.4 is 5.32 Å². The Morgan fingerprint density at radius 1 is 1.20 bits per heavy atom. The molecule has 20 heavy (non-hydrogen) atoms. The predicted octanol–water partition coefficient (Wildman–Crippen LogP) is 1.93. The van der Waals surface area contributed by atoms with Crippen molar-refractivity contribution in [3.8, 4) is 0 Å². The van der Waals surface area contributed by atoms with Gasteiger partial charge in [-0.15, -0.1) is 11.8 Å². The van der Waals surface area contributed by atoms with Crippen LogP contribution in [0.15, 0.2) is 23.1 Å². The molecule has 4 nitrogen and oxygen atoms in total. The minimum atomic E-state index is 0.197. The van der Waals surface area contributed by atoms with E-state index in [0.29, 0.717) is 0 Å². The van der Waals surface area contributed by atoms with Crippen molar-refractivity contribution in [2.75, 3.05) is 38.5 Å². The zero-order chi connectivity index (χ0) is 13.9. The molecule has 1 aromatic carbocycles. The fourth-order valence-corrected chi connectivity index (χ4v) is 3.87. The smallest absolute Gasteiger partial charge is 0.320 e. The van der Waals surface area contributed by atoms with E-state index in [1.165, 1.54) is 16.0 Å². The Bertz CT molecular complexity index is 500. The first-order valence-corrected chi connectivity index (χ1v) is 8.20. The Hall–Kier alpha value is -1.20. The molecule has 2 aliphatic heterocycles. The maximum atomic E-state index is 12.6. The van der Waals surface area contributed by atoms with E-state index in [2.05, 4.69) is 30.4 Å². The monoisotopic (exact) mass is 291 g/mol. The number of carbonyl (C=O) groups is 1. The first kappa shape index (κ1) is 13.8. The summed E-state index contributed by atoms with van der Waals surface area (Å²) in [7, 11) is 0. The Balaban J connectivity index is 1.78. The fourth-order valence-electron chi connectivity index (χ4n) is 2.77. The van der Waals surface area contributed by atoms with E-state index in [1.807, 2.05) is 21.6 Å². The molecule has 0 bridgehead atoms. The Kier molecular flexibility index (Phi) is 4.17. The van der Waals surface area contributed by atoms with Gasteiger partial charge in [0, 0.05) is 49.9 Å². The van der Waals surface area contributed by atoms with Crippen molar-refractivity contribution in [1.29, 1.82) is 0 Å². The van der Waals surface area contributed by atoms with Crippen LogP contribution in [0, 0.1) is 6.92 Å². The summed E-state index contributed by atoms with van der Waals surface area (Å²) >= 11 is 1.87. The van der Waals surface area contributed by atoms with Gasteiger partial charge in [-0.2, -0.15) is 0 Å². The van der Waals surface area contributed by atoms with Crippen LogP contribution in [-0.4, -0.2) is 54.3 Å². The molecular formula is C15H21N3OS. The lowest BCUT2D eigenvalue weighted by Gasteiger charge is -2.33. The van der Waals surface area contributed by atoms with Gasteiger partial charge in [0.2, 0.25) is 0 Å². The van der Waals surface area contributed by atoms with Crippen molar-refractivity contribution in [2.45, 2.75) is 18.4 Å². The van der Waals surface area contributed by atoms with Crippen molar-refractivity contribution >= 4 is 17.8 Å². The molecular weight excluding hydrogens is 270 g/mol. The third-order valence-electron chi connectivity index (χ3n) is 3.99. The molecule has 1 saturated heterocycles. The molecule has 3 rings (SSSR count). The van der Waals surface area contributed by atoms with Gasteiger partial charge in [-0.05, 0) is 24.1 Å². The molecule has 0 atom stereocenters. The van der Waals surface area contributed by atoms with Crippen molar-refractivity contribution in [1.82, 2.24) is 15.1 Å². The van der Waals surface area contributed by atoms with Gasteiger partial charge in [0.1, 0.15) is 0 Å². The highest BCUT2D eigenvalue weighted by Crippen LogP contribution is 2.29. The van der Waals surface area contributed by atoms with E-state index in [0.717, 1.165) is 45.0 Å². The number of aryl methyl sites for hydroxylation is 1. The number of amides is 2. The summed E-state index contributed by atoms with van der Waals surface area (Å²) < 4.78 is 0. The first-order valence-electron chi connectivity index (χ1n) is 7.21. The van der Waals surface area contributed by atoms with Crippen LogP contribution in [0.25, 0.3) is 0 Å². The number of rotatable bonds is 0. The number of piperazine rings is 1. The molecule has 2 amide bonds. The summed E-state index contributed by atoms with van der Waals surface area (Å²) in [6.07, 6.45) is 0. The summed E-state index contributed by atoms with van der Waals surface area (Å²) in [6.45, 7) is 7.18. The second-order valence-electron chi connectivity index (χ2n) is 5.34. The highest BCUT2D eigenvalue weighted by Gasteiger charge is 2.25. The quantitative estimate of drug-likeness (QED) is 0.793. The molecule has 1 fully saturated rings. The molecule has 5 heteroatoms. The van der Waals surface area contributed by atoms with E-state index in [4.69, 9.17) is 0 Å². The number of nitrogens with one attached hydrogen (secondary N) is 1. The van der Waals surface area contributed by atoms with Crippen LogP contribution in [0.1, 0.15) is 11.1 Å². The molecule has 108 valence electrons. The second-order valence-corrected chi connectivity index (χ2v) is 6.48. The molecule has 1 aromatic rings. The van der Waals surface area contributed by atoms with Crippen molar-refractivity contribution in [3.63, 3.8) is 0 Å². The normalized spacial score (nSPS) is 19.4. The van der Waals surface area contributed by atoms with Crippen LogP contribution in [0.3, 0.4) is 0 Å². The van der Waals surface area contributed by atoms with Crippen molar-refractivity contribution in [3.05, 3.63) is 29.3 Å². The SMILES string of the molecule is Cc1cccc2c1CN(C(=O)N1CCNCC1)CCS2. The van der Waals surface area contributed by atoms with Crippen LogP contribution >= 0.6 is 11.8 Å². The summed E-state index contributed by atoms with van der Waals surface area (Å²) in [5, 5.41) is 3.29. The van der Waals surface area contributed by atoms with Crippen LogP contribution in [0.5, 0.6) is 0 Å². The van der Waals surface area contributed by atoms with Gasteiger partial charge >= 0.3 is 6.03 Å². The summed E-state index contributed by atoms with van der Waals surface area (Å²) in [6, 6.07) is 6.61. The minimum Gasteiger partial charge on any atom is -0.322 e. The molecule has 0 radical (unpaired) electrons. The van der Waals surface area contributed by atoms with Crippen LogP contribution in [0.4, 0.5) is 4.79 Å². The average molecular weight is 291 g/mol. The van der Waals surface area contributed by atoms with E-state index < -0.39 is 0 Å². The number of hydrogen-bond acceptors (Lipinski definition) is 3. The van der Waals surface area contributed by atoms with Gasteiger partial charge in [0.25, 0.3) is 0 Å². The third kappa shape index (κ3) is 2.79. The molecule has 2 heterocycles. The number of thioether (sulfide) groups is 1. The topological polar surface area (TPSA) is 35.6 Å². The Morgan fingerprint density at radius 2 is 2.00 bits per heavy atom. The van der Waals surface area contributed by atoms with Crippen LogP contribution in [-0.2, 0) is 6.54 Å². The number of nitrogens with zero attached hydrogens (tertiary/aromatic N) is 2. The molecule has 0 spiro atoms. The first-order chi connectivity index (χ1) is 9.75. The molecule has 0 aromatic heterocycles. The zero-order valence-corrected chi connectivity index (χ0v) is 12.7. The van der Waals surface area contributed by atoms with Gasteiger partial charge in [-0.3, -0.25) is 0 Å². The molecule has 1 N–H and O–H groups in total. The molecule has 0 aliphatic carbocycles. The van der Waals surface area contributed by atoms with Crippen molar-refractivity contribution < 1.29 is 4.79 Å². The zero-order valence-electron chi connectivity index (χ0n) is 11.9. The third-order valence-corrected chi connectivity index (χ3v) is 5.07. The highest BCUT2D eigenvalue weighted by molar-refractivity contribution is 7.99. The Morgan fingerprint density at radius 3 is 2.80 bits per heavy atom. The lowest BCUT2D eigenvalue weighted by Crippen LogP contribution is -2.51. The minimum absolute atomic E-state index is 0.197. The van der Waals surface area contributed by atoms with E-state index in [9.17, 15) is 4.79 Å². The standard InChI is InChI=1S/C15H21N3OS/c1-12-3-2-4-14-13(12)11-18(9-10-20-14)15(19)17-7-5-16-6-8-17/h2-4,16H,5-11H2,1H3. The van der Waals surface area contributed by atoms with Crippen molar-refractivity contribution in [2.24, 2.45) is 0 Å². The number of urea groups is 1. The fraction of sp³-hybridized carbons (Fsp3) is 0.533. The summed E-state index contributed by atoms with van der Waals surface area (Å²) in [5.74, 6) is 0.980. The van der Waals surface area contributed by atoms with Crippen LogP contribution in [0.2, 0.25) is 0 Å². The van der Waals surface area contributed by atoms with E-state index >= 15 is 0 Å². The number of carbonyl (C=O) groups excluding carboxylic acids is 1. The van der Waals surface area contributed by atoms with Gasteiger partial charge in [0.05, 0.1) is 0 Å². The second kappa shape index (κ2) is 6.06.